The van der Waals surface area contributed by atoms with Crippen LogP contribution < -0.4 is 17.0 Å². The van der Waals surface area contributed by atoms with Gasteiger partial charge in [0, 0.05) is 11.8 Å². The van der Waals surface area contributed by atoms with E-state index >= 15 is 0 Å². The monoisotopic (exact) mass is 154 g/mol. The first-order valence-electron chi connectivity index (χ1n) is 3.33. The Morgan fingerprint density at radius 1 is 1.82 bits per heavy atom. The molecule has 0 saturated carbocycles. The van der Waals surface area contributed by atoms with Gasteiger partial charge in [0.1, 0.15) is 5.82 Å². The summed E-state index contributed by atoms with van der Waals surface area (Å²) in [6.07, 6.45) is 0.756. The number of aromatic amines is 1. The maximum Gasteiger partial charge on any atom is 0.347 e. The number of aromatic nitrogens is 2. The Morgan fingerprint density at radius 3 is 3.09 bits per heavy atom. The fourth-order valence-electron chi connectivity index (χ4n) is 0.772. The van der Waals surface area contributed by atoms with Gasteiger partial charge in [0.05, 0.1) is 0 Å². The van der Waals surface area contributed by atoms with Gasteiger partial charge in [-0.3, -0.25) is 0 Å². The normalized spacial score (nSPS) is 9.64. The smallest absolute Gasteiger partial charge is 0.310 e. The predicted molar refractivity (Wildman–Crippen MR) is 42.0 cm³/mol. The minimum absolute atomic E-state index is 0.377. The van der Waals surface area contributed by atoms with Gasteiger partial charge in [0.25, 0.3) is 0 Å². The van der Waals surface area contributed by atoms with Crippen LogP contribution in [0.25, 0.3) is 0 Å². The van der Waals surface area contributed by atoms with E-state index in [0.717, 1.165) is 12.1 Å². The molecule has 5 nitrogen and oxygen atoms in total. The summed E-state index contributed by atoms with van der Waals surface area (Å²) in [5.74, 6) is 5.47. The van der Waals surface area contributed by atoms with Gasteiger partial charge >= 0.3 is 5.69 Å². The molecule has 4 N–H and O–H groups in total. The molecule has 1 aromatic heterocycles. The van der Waals surface area contributed by atoms with Crippen LogP contribution in [0.1, 0.15) is 12.6 Å². The Labute approximate surface area is 63.6 Å². The SMILES string of the molecule is CCc1cc(NN)nc(=O)[nH]1. The van der Waals surface area contributed by atoms with Crippen LogP contribution in [0.15, 0.2) is 10.9 Å². The standard InChI is InChI=1S/C6H10N4O/c1-2-4-3-5(10-7)9-6(11)8-4/h3H,2,7H2,1H3,(H2,8,9,10,11). The molecule has 0 saturated heterocycles. The minimum atomic E-state index is -0.377. The molecule has 0 bridgehead atoms. The fraction of sp³-hybridized carbons (Fsp3) is 0.333. The zero-order valence-electron chi connectivity index (χ0n) is 6.22. The summed E-state index contributed by atoms with van der Waals surface area (Å²) in [6.45, 7) is 1.94. The van der Waals surface area contributed by atoms with Crippen molar-refractivity contribution < 1.29 is 0 Å². The molecule has 60 valence electrons. The second kappa shape index (κ2) is 3.16. The molecule has 0 unspecified atom stereocenters. The molecular formula is C6H10N4O. The number of hydrogen-bond acceptors (Lipinski definition) is 4. The maximum atomic E-state index is 10.8. The lowest BCUT2D eigenvalue weighted by Crippen LogP contribution is -2.18. The van der Waals surface area contributed by atoms with Gasteiger partial charge in [-0.1, -0.05) is 6.92 Å². The highest BCUT2D eigenvalue weighted by Crippen LogP contribution is 1.98. The summed E-state index contributed by atoms with van der Waals surface area (Å²) < 4.78 is 0. The van der Waals surface area contributed by atoms with Gasteiger partial charge in [-0.25, -0.2) is 10.6 Å². The van der Waals surface area contributed by atoms with Crippen LogP contribution in [0.2, 0.25) is 0 Å². The summed E-state index contributed by atoms with van der Waals surface area (Å²) >= 11 is 0. The molecule has 5 heteroatoms. The van der Waals surface area contributed by atoms with Crippen LogP contribution in [0.5, 0.6) is 0 Å². The Morgan fingerprint density at radius 2 is 2.55 bits per heavy atom. The van der Waals surface area contributed by atoms with Crippen molar-refractivity contribution in [2.24, 2.45) is 5.84 Å². The summed E-state index contributed by atoms with van der Waals surface area (Å²) in [5, 5.41) is 0. The van der Waals surface area contributed by atoms with Gasteiger partial charge in [-0.05, 0) is 6.42 Å². The van der Waals surface area contributed by atoms with Gasteiger partial charge < -0.3 is 10.4 Å². The Balaban J connectivity index is 3.12. The van der Waals surface area contributed by atoms with Crippen molar-refractivity contribution in [3.63, 3.8) is 0 Å². The molecule has 0 radical (unpaired) electrons. The number of hydrazine groups is 1. The molecule has 1 rings (SSSR count). The number of anilines is 1. The predicted octanol–water partition coefficient (Wildman–Crippen LogP) is -0.382. The number of aryl methyl sites for hydroxylation is 1. The van der Waals surface area contributed by atoms with E-state index in [9.17, 15) is 4.79 Å². The third kappa shape index (κ3) is 1.78. The first-order valence-corrected chi connectivity index (χ1v) is 3.33. The van der Waals surface area contributed by atoms with Crippen LogP contribution in [0, 0.1) is 0 Å². The molecule has 0 aliphatic carbocycles. The Kier molecular flexibility index (Phi) is 2.22. The van der Waals surface area contributed by atoms with E-state index in [1.807, 2.05) is 6.92 Å². The van der Waals surface area contributed by atoms with E-state index in [-0.39, 0.29) is 5.69 Å². The lowest BCUT2D eigenvalue weighted by atomic mass is 10.3. The quantitative estimate of drug-likeness (QED) is 0.400. The van der Waals surface area contributed by atoms with E-state index < -0.39 is 0 Å². The van der Waals surface area contributed by atoms with Crippen molar-refractivity contribution in [3.8, 4) is 0 Å². The molecule has 1 aromatic rings. The zero-order valence-corrected chi connectivity index (χ0v) is 6.22. The summed E-state index contributed by atoms with van der Waals surface area (Å²) in [6, 6.07) is 1.70. The summed E-state index contributed by atoms with van der Waals surface area (Å²) in [5.41, 5.74) is 2.75. The molecule has 0 amide bonds. The van der Waals surface area contributed by atoms with E-state index in [4.69, 9.17) is 5.84 Å². The van der Waals surface area contributed by atoms with Crippen LogP contribution in [0.3, 0.4) is 0 Å². The molecule has 0 fully saturated rings. The first-order chi connectivity index (χ1) is 5.26. The van der Waals surface area contributed by atoms with Crippen molar-refractivity contribution in [2.45, 2.75) is 13.3 Å². The van der Waals surface area contributed by atoms with Crippen molar-refractivity contribution in [1.29, 1.82) is 0 Å². The number of nitrogens with zero attached hydrogens (tertiary/aromatic N) is 1. The average Bonchev–Trinajstić information content (AvgIpc) is 2.03. The van der Waals surface area contributed by atoms with Crippen molar-refractivity contribution in [2.75, 3.05) is 5.43 Å². The highest BCUT2D eigenvalue weighted by Gasteiger charge is 1.95. The molecular weight excluding hydrogens is 144 g/mol. The van der Waals surface area contributed by atoms with E-state index in [2.05, 4.69) is 15.4 Å². The first kappa shape index (κ1) is 7.74. The van der Waals surface area contributed by atoms with Crippen LogP contribution in [-0.4, -0.2) is 9.97 Å². The second-order valence-corrected chi connectivity index (χ2v) is 2.09. The number of nitrogens with two attached hydrogens (primary N) is 1. The molecule has 0 aromatic carbocycles. The summed E-state index contributed by atoms with van der Waals surface area (Å²) in [7, 11) is 0. The highest BCUT2D eigenvalue weighted by atomic mass is 16.1. The third-order valence-corrected chi connectivity index (χ3v) is 1.33. The Bertz CT molecular complexity index is 268. The lowest BCUT2D eigenvalue weighted by molar-refractivity contribution is 0.954. The minimum Gasteiger partial charge on any atom is -0.310 e. The van der Waals surface area contributed by atoms with Crippen molar-refractivity contribution in [3.05, 3.63) is 22.2 Å². The largest absolute Gasteiger partial charge is 0.347 e. The second-order valence-electron chi connectivity index (χ2n) is 2.09. The molecule has 0 aliphatic heterocycles. The van der Waals surface area contributed by atoms with E-state index in [0.29, 0.717) is 5.82 Å². The van der Waals surface area contributed by atoms with Gasteiger partial charge in [0.15, 0.2) is 0 Å². The molecule has 0 atom stereocenters. The van der Waals surface area contributed by atoms with Crippen LogP contribution in [-0.2, 0) is 6.42 Å². The number of nitrogen functional groups attached to an aromatic ring is 1. The molecule has 0 spiro atoms. The maximum absolute atomic E-state index is 10.8. The van der Waals surface area contributed by atoms with Gasteiger partial charge in [-0.2, -0.15) is 4.98 Å². The highest BCUT2D eigenvalue weighted by molar-refractivity contribution is 5.32. The van der Waals surface area contributed by atoms with Gasteiger partial charge in [-0.15, -0.1) is 0 Å². The van der Waals surface area contributed by atoms with Gasteiger partial charge in [0.2, 0.25) is 0 Å². The topological polar surface area (TPSA) is 83.8 Å². The average molecular weight is 154 g/mol. The summed E-state index contributed by atoms with van der Waals surface area (Å²) in [4.78, 5) is 16.9. The van der Waals surface area contributed by atoms with Crippen LogP contribution in [0.4, 0.5) is 5.82 Å². The number of H-pyrrole nitrogens is 1. The molecule has 0 aliphatic rings. The zero-order chi connectivity index (χ0) is 8.27. The number of hydrogen-bond donors (Lipinski definition) is 3. The van der Waals surface area contributed by atoms with Crippen molar-refractivity contribution >= 4 is 5.82 Å². The number of nitrogens with one attached hydrogen (secondary N) is 2. The van der Waals surface area contributed by atoms with E-state index in [1.54, 1.807) is 6.07 Å². The van der Waals surface area contributed by atoms with Crippen LogP contribution >= 0.6 is 0 Å². The third-order valence-electron chi connectivity index (χ3n) is 1.33. The van der Waals surface area contributed by atoms with E-state index in [1.165, 1.54) is 0 Å². The molecule has 1 heterocycles. The fourth-order valence-corrected chi connectivity index (χ4v) is 0.772. The Hall–Kier alpha value is -1.36. The van der Waals surface area contributed by atoms with Crippen molar-refractivity contribution in [1.82, 2.24) is 9.97 Å². The molecule has 11 heavy (non-hydrogen) atoms. The lowest BCUT2D eigenvalue weighted by Gasteiger charge is -1.99. The number of rotatable bonds is 2.